The first kappa shape index (κ1) is 27.5. The Morgan fingerprint density at radius 3 is 1.11 bits per heavy atom. The van der Waals surface area contributed by atoms with Gasteiger partial charge in [-0.1, -0.05) is 36.1 Å². The Labute approximate surface area is 221 Å². The molecule has 8 heteroatoms. The number of hydrogen-bond donors (Lipinski definition) is 0. The summed E-state index contributed by atoms with van der Waals surface area (Å²) in [4.78, 5) is 44.7. The molecule has 8 nitrogen and oxygen atoms in total. The van der Waals surface area contributed by atoms with Gasteiger partial charge in [0.1, 0.15) is 11.1 Å². The average molecular weight is 507 g/mol. The molecule has 3 aromatic rings. The van der Waals surface area contributed by atoms with E-state index in [9.17, 15) is 9.59 Å². The Kier molecular flexibility index (Phi) is 9.23. The minimum absolute atomic E-state index is 0.161. The summed E-state index contributed by atoms with van der Waals surface area (Å²) in [6, 6.07) is 14.1. The zero-order valence-electron chi connectivity index (χ0n) is 21.6. The SMILES string of the molecule is C#CCOC(=O)c1c(C)nc2ccccc2nc(C)c(C(=O)OCC#C)c(C)nc2ccccc2nc1C. The van der Waals surface area contributed by atoms with E-state index in [-0.39, 0.29) is 24.3 Å². The van der Waals surface area contributed by atoms with Gasteiger partial charge in [-0.25, -0.2) is 9.59 Å². The highest BCUT2D eigenvalue weighted by Crippen LogP contribution is 2.16. The quantitative estimate of drug-likeness (QED) is 0.373. The highest BCUT2D eigenvalue weighted by atomic mass is 16.5. The van der Waals surface area contributed by atoms with Crippen LogP contribution in [0.4, 0.5) is 0 Å². The Balaban J connectivity index is 2.60. The molecule has 0 N–H and O–H groups in total. The number of carbonyl (C=O) groups excluding carboxylic acids is 2. The summed E-state index contributed by atoms with van der Waals surface area (Å²) in [7, 11) is 0. The van der Waals surface area contributed by atoms with Crippen LogP contribution in [0.3, 0.4) is 0 Å². The number of benzene rings is 2. The lowest BCUT2D eigenvalue weighted by Crippen LogP contribution is -2.11. The van der Waals surface area contributed by atoms with Crippen molar-refractivity contribution in [1.29, 1.82) is 0 Å². The van der Waals surface area contributed by atoms with Gasteiger partial charge in [-0.05, 0) is 52.0 Å². The molecule has 0 unspecified atom stereocenters. The Bertz CT molecular complexity index is 1420. The van der Waals surface area contributed by atoms with Gasteiger partial charge in [0, 0.05) is 0 Å². The summed E-state index contributed by atoms with van der Waals surface area (Å²) in [5.74, 6) is 3.28. The maximum atomic E-state index is 13.0. The Hall–Kier alpha value is -5.08. The number of fused-ring (bicyclic) bond motifs is 2. The van der Waals surface area contributed by atoms with Gasteiger partial charge in [0.15, 0.2) is 13.2 Å². The van der Waals surface area contributed by atoms with E-state index in [0.717, 1.165) is 0 Å². The number of hydrogen-bond acceptors (Lipinski definition) is 8. The molecule has 0 saturated heterocycles. The molecule has 2 aromatic carbocycles. The number of ether oxygens (including phenoxy) is 2. The van der Waals surface area contributed by atoms with Gasteiger partial charge >= 0.3 is 11.9 Å². The lowest BCUT2D eigenvalue weighted by atomic mass is 10.1. The van der Waals surface area contributed by atoms with Crippen molar-refractivity contribution in [2.75, 3.05) is 13.2 Å². The van der Waals surface area contributed by atoms with Crippen LogP contribution in [0.1, 0.15) is 43.5 Å². The fraction of sp³-hybridized carbons (Fsp3) is 0.200. The summed E-state index contributed by atoms with van der Waals surface area (Å²) in [5, 5.41) is 0. The van der Waals surface area contributed by atoms with Crippen LogP contribution < -0.4 is 0 Å². The van der Waals surface area contributed by atoms with Gasteiger partial charge in [-0.15, -0.1) is 12.8 Å². The maximum Gasteiger partial charge on any atom is 0.342 e. The molecule has 38 heavy (non-hydrogen) atoms. The Morgan fingerprint density at radius 1 is 0.605 bits per heavy atom. The number of rotatable bonds is 4. The monoisotopic (exact) mass is 506 g/mol. The van der Waals surface area contributed by atoms with Gasteiger partial charge in [0.2, 0.25) is 0 Å². The van der Waals surface area contributed by atoms with Crippen molar-refractivity contribution in [3.63, 3.8) is 0 Å². The first-order chi connectivity index (χ1) is 18.3. The van der Waals surface area contributed by atoms with E-state index in [2.05, 4.69) is 31.8 Å². The van der Waals surface area contributed by atoms with Crippen LogP contribution in [0, 0.1) is 52.4 Å². The van der Waals surface area contributed by atoms with Crippen LogP contribution in [0.2, 0.25) is 0 Å². The second-order valence-corrected chi connectivity index (χ2v) is 8.08. The van der Waals surface area contributed by atoms with Crippen molar-refractivity contribution in [3.8, 4) is 24.7 Å². The molecule has 0 aliphatic heterocycles. The van der Waals surface area contributed by atoms with Gasteiger partial charge < -0.3 is 9.47 Å². The summed E-state index contributed by atoms with van der Waals surface area (Å²) < 4.78 is 10.5. The zero-order valence-corrected chi connectivity index (χ0v) is 21.6. The number of nitrogens with zero attached hydrogens (tertiary/aromatic N) is 4. The first-order valence-corrected chi connectivity index (χ1v) is 11.6. The van der Waals surface area contributed by atoms with Crippen molar-refractivity contribution in [3.05, 3.63) is 82.4 Å². The highest BCUT2D eigenvalue weighted by Gasteiger charge is 2.16. The maximum absolute atomic E-state index is 13.0. The highest BCUT2D eigenvalue weighted by molar-refractivity contribution is 5.93. The summed E-state index contributed by atoms with van der Waals surface area (Å²) in [5.41, 5.74) is 3.56. The predicted octanol–water partition coefficient (Wildman–Crippen LogP) is 4.64. The van der Waals surface area contributed by atoms with Crippen LogP contribution in [0.15, 0.2) is 48.5 Å². The van der Waals surface area contributed by atoms with Gasteiger partial charge in [-0.2, -0.15) is 0 Å². The zero-order chi connectivity index (χ0) is 27.7. The van der Waals surface area contributed by atoms with E-state index in [4.69, 9.17) is 22.3 Å². The lowest BCUT2D eigenvalue weighted by molar-refractivity contribution is 0.0544. The fourth-order valence-corrected chi connectivity index (χ4v) is 3.73. The molecule has 0 aliphatic rings. The molecule has 0 atom stereocenters. The number of carbonyl (C=O) groups is 2. The van der Waals surface area contributed by atoms with Crippen molar-refractivity contribution < 1.29 is 19.1 Å². The lowest BCUT2D eigenvalue weighted by Gasteiger charge is -2.07. The normalized spacial score (nSPS) is 9.95. The molecule has 190 valence electrons. The second-order valence-electron chi connectivity index (χ2n) is 8.08. The van der Waals surface area contributed by atoms with Crippen molar-refractivity contribution in [2.24, 2.45) is 0 Å². The third kappa shape index (κ3) is 6.57. The molecule has 0 amide bonds. The molecule has 1 aromatic heterocycles. The van der Waals surface area contributed by atoms with Crippen molar-refractivity contribution in [2.45, 2.75) is 27.7 Å². The van der Waals surface area contributed by atoms with Crippen LogP contribution in [-0.4, -0.2) is 45.1 Å². The molecular weight excluding hydrogens is 480 g/mol. The summed E-state index contributed by atoms with van der Waals surface area (Å²) in [6.07, 6.45) is 10.6. The van der Waals surface area contributed by atoms with Gasteiger partial charge in [0.25, 0.3) is 0 Å². The summed E-state index contributed by atoms with van der Waals surface area (Å²) >= 11 is 0. The fourth-order valence-electron chi connectivity index (χ4n) is 3.73. The van der Waals surface area contributed by atoms with Gasteiger partial charge in [-0.3, -0.25) is 19.9 Å². The first-order valence-electron chi connectivity index (χ1n) is 11.6. The van der Waals surface area contributed by atoms with Crippen LogP contribution in [-0.2, 0) is 9.47 Å². The summed E-state index contributed by atoms with van der Waals surface area (Å²) in [6.45, 7) is 6.30. The standard InChI is InChI=1S/C30H26N4O4/c1-7-17-37-29(35)27-19(3)31-23-13-9-11-15-25(23)33-21(5)28(30(36)38-18-8-2)22(6)34-26-16-12-10-14-24(26)32-20(27)4/h1-2,9-16H,17-18H2,3-6H3. The largest absolute Gasteiger partial charge is 0.449 e. The minimum atomic E-state index is -0.654. The predicted molar refractivity (Wildman–Crippen MR) is 145 cm³/mol. The average Bonchev–Trinajstić information content (AvgIpc) is 2.88. The molecule has 0 fully saturated rings. The molecule has 1 heterocycles. The minimum Gasteiger partial charge on any atom is -0.449 e. The van der Waals surface area contributed by atoms with E-state index in [0.29, 0.717) is 44.8 Å². The number of aryl methyl sites for hydroxylation is 4. The van der Waals surface area contributed by atoms with Gasteiger partial charge in [0.05, 0.1) is 44.8 Å². The van der Waals surface area contributed by atoms with Crippen LogP contribution in [0.25, 0.3) is 22.1 Å². The third-order valence-corrected chi connectivity index (χ3v) is 5.34. The molecule has 0 bridgehead atoms. The van der Waals surface area contributed by atoms with E-state index in [1.807, 2.05) is 0 Å². The Morgan fingerprint density at radius 2 is 0.868 bits per heavy atom. The number of para-hydroxylation sites is 4. The number of aromatic nitrogens is 4. The topological polar surface area (TPSA) is 104 Å². The van der Waals surface area contributed by atoms with E-state index < -0.39 is 11.9 Å². The van der Waals surface area contributed by atoms with Crippen LogP contribution in [0.5, 0.6) is 0 Å². The third-order valence-electron chi connectivity index (χ3n) is 5.34. The van der Waals surface area contributed by atoms with Crippen molar-refractivity contribution in [1.82, 2.24) is 19.9 Å². The molecule has 0 radical (unpaired) electrons. The molecule has 0 spiro atoms. The molecule has 0 saturated carbocycles. The van der Waals surface area contributed by atoms with E-state index in [1.165, 1.54) is 0 Å². The number of esters is 2. The smallest absolute Gasteiger partial charge is 0.342 e. The number of terminal acetylenes is 2. The second kappa shape index (κ2) is 12.8. The molecule has 3 rings (SSSR count). The van der Waals surface area contributed by atoms with Crippen molar-refractivity contribution >= 4 is 34.0 Å². The van der Waals surface area contributed by atoms with E-state index in [1.54, 1.807) is 76.2 Å². The molecule has 0 aliphatic carbocycles. The molecular formula is C30H26N4O4. The van der Waals surface area contributed by atoms with Crippen LogP contribution >= 0.6 is 0 Å². The van der Waals surface area contributed by atoms with E-state index >= 15 is 0 Å².